The van der Waals surface area contributed by atoms with Gasteiger partial charge in [0.25, 0.3) is 5.88 Å². The number of hydrogen-bond acceptors (Lipinski definition) is 6. The van der Waals surface area contributed by atoms with Gasteiger partial charge in [0.15, 0.2) is 5.82 Å². The monoisotopic (exact) mass is 299 g/mol. The highest BCUT2D eigenvalue weighted by molar-refractivity contribution is 5.61. The lowest BCUT2D eigenvalue weighted by Crippen LogP contribution is -2.34. The summed E-state index contributed by atoms with van der Waals surface area (Å²) in [7, 11) is 3.90. The van der Waals surface area contributed by atoms with Crippen LogP contribution in [-0.4, -0.2) is 48.2 Å². The molecule has 0 spiro atoms. The van der Waals surface area contributed by atoms with Gasteiger partial charge in [-0.15, -0.1) is 0 Å². The molecule has 0 saturated carbocycles. The molecule has 1 saturated heterocycles. The Morgan fingerprint density at radius 1 is 1.18 bits per heavy atom. The maximum Gasteiger partial charge on any atom is 0.258 e. The molecule has 0 radical (unpaired) electrons. The highest BCUT2D eigenvalue weighted by atomic mass is 16.5. The Bertz CT molecular complexity index is 611. The Morgan fingerprint density at radius 2 is 1.91 bits per heavy atom. The molecule has 22 heavy (non-hydrogen) atoms. The van der Waals surface area contributed by atoms with Gasteiger partial charge in [-0.25, -0.2) is 9.97 Å². The zero-order valence-corrected chi connectivity index (χ0v) is 13.0. The highest BCUT2D eigenvalue weighted by Gasteiger charge is 2.19. The van der Waals surface area contributed by atoms with Crippen molar-refractivity contribution in [1.29, 1.82) is 0 Å². The fraction of sp³-hybridized carbons (Fsp3) is 0.438. The molecule has 3 rings (SSSR count). The first kappa shape index (κ1) is 14.7. The molecule has 1 aliphatic heterocycles. The van der Waals surface area contributed by atoms with Gasteiger partial charge in [0.05, 0.1) is 11.9 Å². The second-order valence-electron chi connectivity index (χ2n) is 5.58. The minimum Gasteiger partial charge on any atom is -0.472 e. The molecular formula is C16H21N5O. The highest BCUT2D eigenvalue weighted by Crippen LogP contribution is 2.27. The predicted octanol–water partition coefficient (Wildman–Crippen LogP) is 1.74. The van der Waals surface area contributed by atoms with E-state index >= 15 is 0 Å². The first-order valence-corrected chi connectivity index (χ1v) is 7.56. The summed E-state index contributed by atoms with van der Waals surface area (Å²) in [5, 5.41) is 3.34. The topological polar surface area (TPSA) is 63.2 Å². The predicted molar refractivity (Wildman–Crippen MR) is 86.1 cm³/mol. The van der Waals surface area contributed by atoms with Gasteiger partial charge < -0.3 is 15.0 Å². The fourth-order valence-corrected chi connectivity index (χ4v) is 2.48. The third-order valence-electron chi connectivity index (χ3n) is 3.69. The first-order chi connectivity index (χ1) is 10.7. The molecule has 3 heterocycles. The molecule has 1 aliphatic rings. The van der Waals surface area contributed by atoms with Crippen molar-refractivity contribution >= 4 is 5.82 Å². The van der Waals surface area contributed by atoms with Crippen LogP contribution in [0.3, 0.4) is 0 Å². The van der Waals surface area contributed by atoms with Crippen molar-refractivity contribution < 1.29 is 4.74 Å². The average molecular weight is 299 g/mol. The molecular weight excluding hydrogens is 278 g/mol. The second kappa shape index (κ2) is 6.70. The summed E-state index contributed by atoms with van der Waals surface area (Å²) in [6.07, 6.45) is 7.47. The largest absolute Gasteiger partial charge is 0.472 e. The van der Waals surface area contributed by atoms with Crippen LogP contribution in [0, 0.1) is 0 Å². The van der Waals surface area contributed by atoms with E-state index < -0.39 is 0 Å². The number of aromatic nitrogens is 3. The fourth-order valence-electron chi connectivity index (χ4n) is 2.48. The van der Waals surface area contributed by atoms with Gasteiger partial charge in [-0.3, -0.25) is 4.98 Å². The Balaban J connectivity index is 1.90. The minimum absolute atomic E-state index is 0.196. The maximum absolute atomic E-state index is 6.14. The number of nitrogens with one attached hydrogen (secondary N) is 1. The standard InChI is InChI=1S/C16H21N5O/c1-21(2)15-16(22-13-5-9-18-10-6-13)20-14(11-19-15)12-3-7-17-8-4-12/h3-4,7-8,11,13,18H,5-6,9-10H2,1-2H3. The molecule has 0 unspecified atom stereocenters. The van der Waals surface area contributed by atoms with Crippen LogP contribution < -0.4 is 15.0 Å². The normalized spacial score (nSPS) is 15.5. The number of anilines is 1. The SMILES string of the molecule is CN(C)c1ncc(-c2ccncc2)nc1OC1CCNCC1. The number of hydrogen-bond donors (Lipinski definition) is 1. The maximum atomic E-state index is 6.14. The van der Waals surface area contributed by atoms with E-state index in [0.29, 0.717) is 5.88 Å². The summed E-state index contributed by atoms with van der Waals surface area (Å²) < 4.78 is 6.14. The van der Waals surface area contributed by atoms with Gasteiger partial charge >= 0.3 is 0 Å². The van der Waals surface area contributed by atoms with Crippen molar-refractivity contribution in [2.24, 2.45) is 0 Å². The van der Waals surface area contributed by atoms with E-state index in [1.165, 1.54) is 0 Å². The van der Waals surface area contributed by atoms with Gasteiger partial charge in [0, 0.05) is 32.1 Å². The summed E-state index contributed by atoms with van der Waals surface area (Å²) in [4.78, 5) is 15.2. The van der Waals surface area contributed by atoms with E-state index in [1.54, 1.807) is 18.6 Å². The van der Waals surface area contributed by atoms with Crippen molar-refractivity contribution in [1.82, 2.24) is 20.3 Å². The van der Waals surface area contributed by atoms with E-state index in [4.69, 9.17) is 4.74 Å². The van der Waals surface area contributed by atoms with Crippen LogP contribution in [0.5, 0.6) is 5.88 Å². The van der Waals surface area contributed by atoms with E-state index in [0.717, 1.165) is 43.0 Å². The molecule has 6 nitrogen and oxygen atoms in total. The molecule has 1 fully saturated rings. The summed E-state index contributed by atoms with van der Waals surface area (Å²) in [5.74, 6) is 1.36. The van der Waals surface area contributed by atoms with Crippen LogP contribution in [0.2, 0.25) is 0 Å². The van der Waals surface area contributed by atoms with E-state index in [2.05, 4.69) is 20.3 Å². The molecule has 6 heteroatoms. The molecule has 1 N–H and O–H groups in total. The van der Waals surface area contributed by atoms with Crippen LogP contribution >= 0.6 is 0 Å². The average Bonchev–Trinajstić information content (AvgIpc) is 2.56. The molecule has 0 aliphatic carbocycles. The van der Waals surface area contributed by atoms with Gasteiger partial charge in [0.1, 0.15) is 6.10 Å². The van der Waals surface area contributed by atoms with Crippen LogP contribution in [0.15, 0.2) is 30.7 Å². The van der Waals surface area contributed by atoms with E-state index in [-0.39, 0.29) is 6.10 Å². The molecule has 2 aromatic rings. The molecule has 0 atom stereocenters. The molecule has 2 aromatic heterocycles. The summed E-state index contributed by atoms with van der Waals surface area (Å²) >= 11 is 0. The smallest absolute Gasteiger partial charge is 0.258 e. The van der Waals surface area contributed by atoms with Gasteiger partial charge in [-0.2, -0.15) is 0 Å². The summed E-state index contributed by atoms with van der Waals surface area (Å²) in [5.41, 5.74) is 1.79. The summed E-state index contributed by atoms with van der Waals surface area (Å²) in [6.45, 7) is 1.97. The third kappa shape index (κ3) is 3.33. The van der Waals surface area contributed by atoms with Crippen LogP contribution in [0.1, 0.15) is 12.8 Å². The minimum atomic E-state index is 0.196. The lowest BCUT2D eigenvalue weighted by molar-refractivity contribution is 0.156. The number of ether oxygens (including phenoxy) is 1. The van der Waals surface area contributed by atoms with Crippen molar-refractivity contribution in [3.8, 4) is 17.1 Å². The van der Waals surface area contributed by atoms with Gasteiger partial charge in [0.2, 0.25) is 0 Å². The first-order valence-electron chi connectivity index (χ1n) is 7.56. The van der Waals surface area contributed by atoms with Crippen molar-refractivity contribution in [3.05, 3.63) is 30.7 Å². The number of pyridine rings is 1. The van der Waals surface area contributed by atoms with Gasteiger partial charge in [-0.05, 0) is 38.1 Å². The summed E-state index contributed by atoms with van der Waals surface area (Å²) in [6, 6.07) is 3.85. The Kier molecular flexibility index (Phi) is 4.48. The lowest BCUT2D eigenvalue weighted by atomic mass is 10.1. The Morgan fingerprint density at radius 3 is 2.59 bits per heavy atom. The second-order valence-corrected chi connectivity index (χ2v) is 5.58. The zero-order chi connectivity index (χ0) is 15.4. The van der Waals surface area contributed by atoms with Gasteiger partial charge in [-0.1, -0.05) is 0 Å². The quantitative estimate of drug-likeness (QED) is 0.928. The van der Waals surface area contributed by atoms with Crippen LogP contribution in [0.25, 0.3) is 11.3 Å². The van der Waals surface area contributed by atoms with Crippen molar-refractivity contribution in [2.75, 3.05) is 32.1 Å². The Hall–Kier alpha value is -2.21. The van der Waals surface area contributed by atoms with E-state index in [1.807, 2.05) is 31.1 Å². The number of rotatable bonds is 4. The van der Waals surface area contributed by atoms with E-state index in [9.17, 15) is 0 Å². The molecule has 0 bridgehead atoms. The van der Waals surface area contributed by atoms with Crippen LogP contribution in [-0.2, 0) is 0 Å². The van der Waals surface area contributed by atoms with Crippen molar-refractivity contribution in [3.63, 3.8) is 0 Å². The molecule has 116 valence electrons. The lowest BCUT2D eigenvalue weighted by Gasteiger charge is -2.25. The number of piperidine rings is 1. The van der Waals surface area contributed by atoms with Crippen LogP contribution in [0.4, 0.5) is 5.82 Å². The number of nitrogens with zero attached hydrogens (tertiary/aromatic N) is 4. The zero-order valence-electron chi connectivity index (χ0n) is 13.0. The molecule has 0 amide bonds. The molecule has 0 aromatic carbocycles. The third-order valence-corrected chi connectivity index (χ3v) is 3.69. The van der Waals surface area contributed by atoms with Crippen molar-refractivity contribution in [2.45, 2.75) is 18.9 Å². The Labute approximate surface area is 130 Å².